The fourth-order valence-corrected chi connectivity index (χ4v) is 2.43. The van der Waals surface area contributed by atoms with Crippen LogP contribution in [0.4, 0.5) is 11.4 Å². The Hall–Kier alpha value is -2.69. The number of carbonyl (C=O) groups is 1. The molecule has 2 rings (SSSR count). The van der Waals surface area contributed by atoms with Crippen molar-refractivity contribution in [2.45, 2.75) is 19.8 Å². The highest BCUT2D eigenvalue weighted by atomic mass is 16.5. The maximum atomic E-state index is 12.1. The van der Waals surface area contributed by atoms with Gasteiger partial charge >= 0.3 is 0 Å². The summed E-state index contributed by atoms with van der Waals surface area (Å²) in [5, 5.41) is 6.18. The lowest BCUT2D eigenvalue weighted by Gasteiger charge is -2.12. The summed E-state index contributed by atoms with van der Waals surface area (Å²) in [6.45, 7) is 2.61. The van der Waals surface area contributed by atoms with Crippen LogP contribution >= 0.6 is 0 Å². The number of rotatable bonds is 8. The lowest BCUT2D eigenvalue weighted by Crippen LogP contribution is -2.17. The van der Waals surface area contributed by atoms with Crippen LogP contribution in [0, 0.1) is 0 Å². The average Bonchev–Trinajstić information content (AvgIpc) is 2.62. The maximum absolute atomic E-state index is 12.1. The predicted molar refractivity (Wildman–Crippen MR) is 97.1 cm³/mol. The third kappa shape index (κ3) is 4.65. The summed E-state index contributed by atoms with van der Waals surface area (Å²) in [5.74, 6) is 1.32. The molecule has 0 fully saturated rings. The molecule has 5 nitrogen and oxygen atoms in total. The predicted octanol–water partition coefficient (Wildman–Crippen LogP) is 3.71. The minimum atomic E-state index is -0.0103. The molecule has 0 aromatic heterocycles. The Balaban J connectivity index is 1.86. The Morgan fingerprint density at radius 2 is 1.79 bits per heavy atom. The number of nitrogens with one attached hydrogen (secondary N) is 2. The first-order chi connectivity index (χ1) is 11.7. The third-order valence-electron chi connectivity index (χ3n) is 3.74. The average molecular weight is 328 g/mol. The van der Waals surface area contributed by atoms with Crippen LogP contribution in [0.15, 0.2) is 42.5 Å². The Morgan fingerprint density at radius 3 is 2.50 bits per heavy atom. The summed E-state index contributed by atoms with van der Waals surface area (Å²) >= 11 is 0. The van der Waals surface area contributed by atoms with Gasteiger partial charge in [0.15, 0.2) is 11.5 Å². The van der Waals surface area contributed by atoms with Crippen LogP contribution in [0.5, 0.6) is 11.5 Å². The Morgan fingerprint density at radius 1 is 1.04 bits per heavy atom. The summed E-state index contributed by atoms with van der Waals surface area (Å²) < 4.78 is 10.5. The van der Waals surface area contributed by atoms with Gasteiger partial charge in [0.05, 0.1) is 14.2 Å². The molecule has 0 aliphatic carbocycles. The van der Waals surface area contributed by atoms with Gasteiger partial charge in [-0.25, -0.2) is 0 Å². The molecule has 0 heterocycles. The van der Waals surface area contributed by atoms with Crippen LogP contribution in [-0.2, 0) is 11.2 Å². The second-order valence-corrected chi connectivity index (χ2v) is 5.31. The minimum absolute atomic E-state index is 0.0103. The molecule has 0 unspecified atom stereocenters. The number of hydrogen-bond acceptors (Lipinski definition) is 4. The number of methoxy groups -OCH3 is 2. The van der Waals surface area contributed by atoms with Crippen molar-refractivity contribution in [2.75, 3.05) is 31.4 Å². The summed E-state index contributed by atoms with van der Waals surface area (Å²) in [7, 11) is 3.20. The van der Waals surface area contributed by atoms with E-state index in [0.717, 1.165) is 23.4 Å². The molecule has 0 spiro atoms. The highest BCUT2D eigenvalue weighted by molar-refractivity contribution is 5.91. The van der Waals surface area contributed by atoms with Gasteiger partial charge in [0.2, 0.25) is 5.91 Å². The standard InChI is InChI=1S/C19H24N2O3/c1-4-14-7-5-6-8-16(14)21-19(22)11-12-20-15-9-10-17(23-2)18(13-15)24-3/h5-10,13,20H,4,11-12H2,1-3H3,(H,21,22). The molecule has 0 aliphatic rings. The molecular weight excluding hydrogens is 304 g/mol. The van der Waals surface area contributed by atoms with Gasteiger partial charge in [-0.15, -0.1) is 0 Å². The van der Waals surface area contributed by atoms with E-state index in [1.54, 1.807) is 14.2 Å². The van der Waals surface area contributed by atoms with E-state index in [1.807, 2.05) is 42.5 Å². The van der Waals surface area contributed by atoms with Gasteiger partial charge in [-0.3, -0.25) is 4.79 Å². The maximum Gasteiger partial charge on any atom is 0.226 e. The van der Waals surface area contributed by atoms with E-state index < -0.39 is 0 Å². The van der Waals surface area contributed by atoms with E-state index in [1.165, 1.54) is 0 Å². The SMILES string of the molecule is CCc1ccccc1NC(=O)CCNc1ccc(OC)c(OC)c1. The van der Waals surface area contributed by atoms with Crippen molar-refractivity contribution in [3.8, 4) is 11.5 Å². The van der Waals surface area contributed by atoms with Crippen molar-refractivity contribution in [3.05, 3.63) is 48.0 Å². The molecule has 5 heteroatoms. The third-order valence-corrected chi connectivity index (χ3v) is 3.74. The highest BCUT2D eigenvalue weighted by Gasteiger charge is 2.07. The van der Waals surface area contributed by atoms with E-state index in [4.69, 9.17) is 9.47 Å². The fourth-order valence-electron chi connectivity index (χ4n) is 2.43. The zero-order chi connectivity index (χ0) is 17.4. The molecule has 24 heavy (non-hydrogen) atoms. The molecule has 0 radical (unpaired) electrons. The van der Waals surface area contributed by atoms with Crippen molar-refractivity contribution in [3.63, 3.8) is 0 Å². The van der Waals surface area contributed by atoms with Crippen molar-refractivity contribution >= 4 is 17.3 Å². The zero-order valence-corrected chi connectivity index (χ0v) is 14.4. The van der Waals surface area contributed by atoms with Gasteiger partial charge < -0.3 is 20.1 Å². The number of ether oxygens (including phenoxy) is 2. The summed E-state index contributed by atoms with van der Waals surface area (Å²) in [4.78, 5) is 12.1. The summed E-state index contributed by atoms with van der Waals surface area (Å²) in [6, 6.07) is 13.4. The van der Waals surface area contributed by atoms with Gasteiger partial charge in [0, 0.05) is 30.4 Å². The highest BCUT2D eigenvalue weighted by Crippen LogP contribution is 2.29. The second kappa shape index (κ2) is 8.82. The van der Waals surface area contributed by atoms with Crippen LogP contribution in [0.3, 0.4) is 0 Å². The van der Waals surface area contributed by atoms with Crippen LogP contribution in [0.2, 0.25) is 0 Å². The molecule has 2 aromatic rings. The second-order valence-electron chi connectivity index (χ2n) is 5.31. The molecule has 2 aromatic carbocycles. The first kappa shape index (κ1) is 17.7. The van der Waals surface area contributed by atoms with Gasteiger partial charge in [0.1, 0.15) is 0 Å². The largest absolute Gasteiger partial charge is 0.493 e. The lowest BCUT2D eigenvalue weighted by atomic mass is 10.1. The van der Waals surface area contributed by atoms with Crippen molar-refractivity contribution < 1.29 is 14.3 Å². The topological polar surface area (TPSA) is 59.6 Å². The van der Waals surface area contributed by atoms with Gasteiger partial charge in [0.25, 0.3) is 0 Å². The van der Waals surface area contributed by atoms with E-state index in [-0.39, 0.29) is 5.91 Å². The first-order valence-electron chi connectivity index (χ1n) is 8.01. The Bertz CT molecular complexity index is 686. The van der Waals surface area contributed by atoms with Crippen LogP contribution in [0.25, 0.3) is 0 Å². The Kier molecular flexibility index (Phi) is 6.49. The van der Waals surface area contributed by atoms with Crippen LogP contribution < -0.4 is 20.1 Å². The van der Waals surface area contributed by atoms with E-state index in [2.05, 4.69) is 17.6 Å². The number of para-hydroxylation sites is 1. The van der Waals surface area contributed by atoms with Crippen molar-refractivity contribution in [1.29, 1.82) is 0 Å². The zero-order valence-electron chi connectivity index (χ0n) is 14.4. The fraction of sp³-hybridized carbons (Fsp3) is 0.316. The molecule has 2 N–H and O–H groups in total. The normalized spacial score (nSPS) is 10.1. The molecule has 1 amide bonds. The van der Waals surface area contributed by atoms with Crippen molar-refractivity contribution in [2.24, 2.45) is 0 Å². The Labute approximate surface area is 143 Å². The number of hydrogen-bond donors (Lipinski definition) is 2. The summed E-state index contributed by atoms with van der Waals surface area (Å²) in [6.07, 6.45) is 1.27. The smallest absolute Gasteiger partial charge is 0.226 e. The molecular formula is C19H24N2O3. The van der Waals surface area contributed by atoms with Crippen molar-refractivity contribution in [1.82, 2.24) is 0 Å². The molecule has 0 bridgehead atoms. The quantitative estimate of drug-likeness (QED) is 0.775. The number of benzene rings is 2. The number of amides is 1. The molecule has 0 atom stereocenters. The number of carbonyl (C=O) groups excluding carboxylic acids is 1. The van der Waals surface area contributed by atoms with Gasteiger partial charge in [-0.05, 0) is 30.2 Å². The van der Waals surface area contributed by atoms with E-state index in [9.17, 15) is 4.79 Å². The first-order valence-corrected chi connectivity index (χ1v) is 8.01. The van der Waals surface area contributed by atoms with E-state index >= 15 is 0 Å². The molecule has 0 saturated heterocycles. The lowest BCUT2D eigenvalue weighted by molar-refractivity contribution is -0.115. The van der Waals surface area contributed by atoms with E-state index in [0.29, 0.717) is 24.5 Å². The monoisotopic (exact) mass is 328 g/mol. The van der Waals surface area contributed by atoms with Crippen LogP contribution in [-0.4, -0.2) is 26.7 Å². The summed E-state index contributed by atoms with van der Waals surface area (Å²) in [5.41, 5.74) is 2.91. The van der Waals surface area contributed by atoms with Crippen LogP contribution in [0.1, 0.15) is 18.9 Å². The molecule has 128 valence electrons. The number of anilines is 2. The molecule has 0 saturated carbocycles. The minimum Gasteiger partial charge on any atom is -0.493 e. The molecule has 0 aliphatic heterocycles. The number of aryl methyl sites for hydroxylation is 1. The van der Waals surface area contributed by atoms with Gasteiger partial charge in [-0.2, -0.15) is 0 Å². The van der Waals surface area contributed by atoms with Gasteiger partial charge in [-0.1, -0.05) is 25.1 Å².